The standard InChI is InChI=1S/C36H56O17/c1-11-14-24-16-27(52-35-33(48-22(9)41)31(46-20(7)39)28(17(4)43-35)44-18(5)37)29(25(13-3)50-24)53-36-34(49-23(10)42)32(47-21(8)40)30(45-19(6)38)26(51-36)15-12-2/h17,24-36H,11-16H2,1-10H3/t17?,24-,25?,26?,27?,28-,29-,30+,31?,32?,33?,34?,35+,36+/m1/s1. The minimum absolute atomic E-state index is 0.258. The SMILES string of the molecule is CCCC1O[C@@H](O[C@@H]2C(CC)O[C@H](CCC)CC2O[C@@H]2OC(C)[C@@H](OC(C)=O)C(OC(C)=O)C2OC(C)=O)C(OC(C)=O)C(OC(C)=O)[C@H]1OC(C)=O. The number of hydrogen-bond donors (Lipinski definition) is 0. The Kier molecular flexibility index (Phi) is 16.9. The molecule has 302 valence electrons. The van der Waals surface area contributed by atoms with Crippen LogP contribution in [0.5, 0.6) is 0 Å². The molecule has 0 aromatic heterocycles. The van der Waals surface area contributed by atoms with Crippen molar-refractivity contribution < 1.29 is 80.9 Å². The molecule has 3 fully saturated rings. The van der Waals surface area contributed by atoms with Crippen molar-refractivity contribution >= 4 is 35.8 Å². The first-order valence-corrected chi connectivity index (χ1v) is 18.3. The van der Waals surface area contributed by atoms with E-state index in [9.17, 15) is 28.8 Å². The van der Waals surface area contributed by atoms with E-state index in [1.54, 1.807) is 6.92 Å². The first kappa shape index (κ1) is 44.0. The molecule has 3 rings (SSSR count). The van der Waals surface area contributed by atoms with E-state index in [1.165, 1.54) is 34.6 Å². The lowest BCUT2D eigenvalue weighted by atomic mass is 9.92. The third-order valence-electron chi connectivity index (χ3n) is 8.91. The minimum Gasteiger partial charge on any atom is -0.456 e. The molecule has 0 aliphatic carbocycles. The number of carbonyl (C=O) groups is 6. The highest BCUT2D eigenvalue weighted by molar-refractivity contribution is 5.69. The minimum atomic E-state index is -1.39. The summed E-state index contributed by atoms with van der Waals surface area (Å²) in [5, 5.41) is 0. The molecular weight excluding hydrogens is 704 g/mol. The lowest BCUT2D eigenvalue weighted by Gasteiger charge is -2.49. The summed E-state index contributed by atoms with van der Waals surface area (Å²) in [6, 6.07) is 0. The van der Waals surface area contributed by atoms with Crippen molar-refractivity contribution in [3.63, 3.8) is 0 Å². The summed E-state index contributed by atoms with van der Waals surface area (Å²) in [4.78, 5) is 73.8. The van der Waals surface area contributed by atoms with E-state index in [4.69, 9.17) is 52.1 Å². The van der Waals surface area contributed by atoms with Crippen molar-refractivity contribution in [2.45, 2.75) is 194 Å². The smallest absolute Gasteiger partial charge is 0.303 e. The maximum Gasteiger partial charge on any atom is 0.303 e. The van der Waals surface area contributed by atoms with Gasteiger partial charge in [-0.3, -0.25) is 28.8 Å². The average molecular weight is 761 g/mol. The van der Waals surface area contributed by atoms with E-state index in [2.05, 4.69) is 0 Å². The Labute approximate surface area is 310 Å². The second kappa shape index (κ2) is 20.3. The molecule has 3 aliphatic rings. The molecule has 0 aromatic rings. The van der Waals surface area contributed by atoms with Crippen LogP contribution in [0.15, 0.2) is 0 Å². The number of carbonyl (C=O) groups excluding carboxylic acids is 6. The van der Waals surface area contributed by atoms with Crippen LogP contribution in [-0.2, 0) is 80.9 Å². The van der Waals surface area contributed by atoms with Crippen LogP contribution in [0.3, 0.4) is 0 Å². The van der Waals surface area contributed by atoms with E-state index in [-0.39, 0.29) is 12.5 Å². The van der Waals surface area contributed by atoms with Gasteiger partial charge in [0, 0.05) is 48.0 Å². The first-order valence-electron chi connectivity index (χ1n) is 18.3. The second-order valence-corrected chi connectivity index (χ2v) is 13.5. The average Bonchev–Trinajstić information content (AvgIpc) is 3.04. The Bertz CT molecular complexity index is 1270. The highest BCUT2D eigenvalue weighted by Gasteiger charge is 2.56. The summed E-state index contributed by atoms with van der Waals surface area (Å²) >= 11 is 0. The van der Waals surface area contributed by atoms with Gasteiger partial charge in [-0.05, 0) is 26.2 Å². The van der Waals surface area contributed by atoms with Gasteiger partial charge in [0.15, 0.2) is 49.2 Å². The number of rotatable bonds is 15. The van der Waals surface area contributed by atoms with Crippen LogP contribution in [0.4, 0.5) is 0 Å². The molecule has 0 saturated carbocycles. The van der Waals surface area contributed by atoms with Gasteiger partial charge < -0.3 is 52.1 Å². The number of esters is 6. The third kappa shape index (κ3) is 12.3. The molecule has 17 nitrogen and oxygen atoms in total. The first-order chi connectivity index (χ1) is 25.0. The van der Waals surface area contributed by atoms with Crippen LogP contribution in [0, 0.1) is 0 Å². The topological polar surface area (TPSA) is 204 Å². The van der Waals surface area contributed by atoms with Gasteiger partial charge in [-0.2, -0.15) is 0 Å². The molecule has 0 N–H and O–H groups in total. The molecule has 53 heavy (non-hydrogen) atoms. The van der Waals surface area contributed by atoms with E-state index in [0.29, 0.717) is 25.7 Å². The van der Waals surface area contributed by atoms with Crippen LogP contribution in [0.25, 0.3) is 0 Å². The van der Waals surface area contributed by atoms with Crippen molar-refractivity contribution in [2.24, 2.45) is 0 Å². The van der Waals surface area contributed by atoms with Crippen LogP contribution in [0.1, 0.15) is 108 Å². The van der Waals surface area contributed by atoms with Crippen molar-refractivity contribution in [2.75, 3.05) is 0 Å². The summed E-state index contributed by atoms with van der Waals surface area (Å²) < 4.78 is 65.9. The Balaban J connectivity index is 2.10. The Morgan fingerprint density at radius 2 is 0.925 bits per heavy atom. The van der Waals surface area contributed by atoms with Crippen molar-refractivity contribution in [3.8, 4) is 0 Å². The van der Waals surface area contributed by atoms with Gasteiger partial charge in [-0.15, -0.1) is 0 Å². The number of ether oxygens (including phenoxy) is 11. The molecular formula is C36H56O17. The van der Waals surface area contributed by atoms with Gasteiger partial charge in [-0.1, -0.05) is 33.6 Å². The zero-order chi connectivity index (χ0) is 39.6. The van der Waals surface area contributed by atoms with Crippen molar-refractivity contribution in [1.29, 1.82) is 0 Å². The fourth-order valence-electron chi connectivity index (χ4n) is 7.05. The van der Waals surface area contributed by atoms with Crippen LogP contribution >= 0.6 is 0 Å². The molecule has 17 heteroatoms. The maximum atomic E-state index is 12.5. The van der Waals surface area contributed by atoms with Crippen molar-refractivity contribution in [3.05, 3.63) is 0 Å². The molecule has 14 atom stereocenters. The van der Waals surface area contributed by atoms with Crippen LogP contribution in [0.2, 0.25) is 0 Å². The summed E-state index contributed by atoms with van der Waals surface area (Å²) in [7, 11) is 0. The molecule has 0 spiro atoms. The second-order valence-electron chi connectivity index (χ2n) is 13.5. The van der Waals surface area contributed by atoms with Gasteiger partial charge in [0.05, 0.1) is 24.4 Å². The van der Waals surface area contributed by atoms with E-state index in [0.717, 1.165) is 13.3 Å². The highest BCUT2D eigenvalue weighted by atomic mass is 16.8. The molecule has 0 bridgehead atoms. The van der Waals surface area contributed by atoms with Gasteiger partial charge >= 0.3 is 35.8 Å². The summed E-state index contributed by atoms with van der Waals surface area (Å²) in [6.07, 6.45) is -11.8. The normalized spacial score (nSPS) is 35.7. The zero-order valence-corrected chi connectivity index (χ0v) is 32.3. The highest BCUT2D eigenvalue weighted by Crippen LogP contribution is 2.38. The molecule has 0 radical (unpaired) electrons. The predicted molar refractivity (Wildman–Crippen MR) is 179 cm³/mol. The van der Waals surface area contributed by atoms with E-state index >= 15 is 0 Å². The lowest BCUT2D eigenvalue weighted by Crippen LogP contribution is -2.65. The quantitative estimate of drug-likeness (QED) is 0.174. The summed E-state index contributed by atoms with van der Waals surface area (Å²) in [5.74, 6) is -4.25. The third-order valence-corrected chi connectivity index (χ3v) is 8.91. The Hall–Kier alpha value is -3.38. The van der Waals surface area contributed by atoms with Crippen LogP contribution < -0.4 is 0 Å². The van der Waals surface area contributed by atoms with Gasteiger partial charge in [0.25, 0.3) is 0 Å². The largest absolute Gasteiger partial charge is 0.456 e. The fourth-order valence-corrected chi connectivity index (χ4v) is 7.05. The number of hydrogen-bond acceptors (Lipinski definition) is 17. The molecule has 0 amide bonds. The monoisotopic (exact) mass is 760 g/mol. The predicted octanol–water partition coefficient (Wildman–Crippen LogP) is 2.98. The summed E-state index contributed by atoms with van der Waals surface area (Å²) in [6.45, 7) is 14.4. The van der Waals surface area contributed by atoms with Crippen molar-refractivity contribution in [1.82, 2.24) is 0 Å². The zero-order valence-electron chi connectivity index (χ0n) is 32.3. The van der Waals surface area contributed by atoms with Crippen LogP contribution in [-0.4, -0.2) is 122 Å². The molecule has 3 aliphatic heterocycles. The maximum absolute atomic E-state index is 12.5. The van der Waals surface area contributed by atoms with E-state index < -0.39 is 116 Å². The fraction of sp³-hybridized carbons (Fsp3) is 0.833. The molecule has 3 saturated heterocycles. The van der Waals surface area contributed by atoms with Gasteiger partial charge in [0.1, 0.15) is 12.2 Å². The van der Waals surface area contributed by atoms with Gasteiger partial charge in [-0.25, -0.2) is 0 Å². The Morgan fingerprint density at radius 3 is 1.40 bits per heavy atom. The Morgan fingerprint density at radius 1 is 0.491 bits per heavy atom. The molecule has 0 aromatic carbocycles. The van der Waals surface area contributed by atoms with E-state index in [1.807, 2.05) is 20.8 Å². The summed E-state index contributed by atoms with van der Waals surface area (Å²) in [5.41, 5.74) is 0. The lowest BCUT2D eigenvalue weighted by molar-refractivity contribution is -0.357. The van der Waals surface area contributed by atoms with Gasteiger partial charge in [0.2, 0.25) is 0 Å². The molecule has 3 heterocycles. The molecule has 8 unspecified atom stereocenters.